The molecular weight excluding hydrogens is 276 g/mol. The molecular formula is C18H16N2O2. The molecule has 0 atom stereocenters. The second-order valence-electron chi connectivity index (χ2n) is 4.83. The van der Waals surface area contributed by atoms with Crippen molar-refractivity contribution in [2.75, 3.05) is 5.32 Å². The van der Waals surface area contributed by atoms with Crippen LogP contribution in [-0.4, -0.2) is 6.03 Å². The summed E-state index contributed by atoms with van der Waals surface area (Å²) in [5.74, 6) is 0.717. The van der Waals surface area contributed by atoms with E-state index in [2.05, 4.69) is 22.8 Å². The van der Waals surface area contributed by atoms with Crippen molar-refractivity contribution in [1.29, 1.82) is 0 Å². The molecule has 22 heavy (non-hydrogen) atoms. The Bertz CT molecular complexity index is 720. The van der Waals surface area contributed by atoms with Gasteiger partial charge in [-0.3, -0.25) is 0 Å². The fraction of sp³-hybridized carbons (Fsp3) is 0.0556. The van der Waals surface area contributed by atoms with Gasteiger partial charge in [0.1, 0.15) is 5.76 Å². The van der Waals surface area contributed by atoms with Crippen LogP contribution in [0.2, 0.25) is 0 Å². The van der Waals surface area contributed by atoms with Gasteiger partial charge < -0.3 is 15.1 Å². The molecule has 4 heteroatoms. The highest BCUT2D eigenvalue weighted by atomic mass is 16.3. The summed E-state index contributed by atoms with van der Waals surface area (Å²) >= 11 is 0. The van der Waals surface area contributed by atoms with Crippen LogP contribution in [0.4, 0.5) is 10.5 Å². The van der Waals surface area contributed by atoms with Crippen molar-refractivity contribution >= 4 is 11.7 Å². The van der Waals surface area contributed by atoms with Crippen molar-refractivity contribution < 1.29 is 9.21 Å². The number of carbonyl (C=O) groups excluding carboxylic acids is 1. The Hall–Kier alpha value is -3.01. The van der Waals surface area contributed by atoms with Gasteiger partial charge in [-0.25, -0.2) is 4.79 Å². The Morgan fingerprint density at radius 2 is 1.59 bits per heavy atom. The van der Waals surface area contributed by atoms with Crippen LogP contribution in [0.1, 0.15) is 5.76 Å². The second kappa shape index (κ2) is 6.63. The molecule has 0 fully saturated rings. The van der Waals surface area contributed by atoms with E-state index in [-0.39, 0.29) is 6.03 Å². The van der Waals surface area contributed by atoms with Gasteiger partial charge in [-0.15, -0.1) is 0 Å². The molecule has 0 saturated carbocycles. The van der Waals surface area contributed by atoms with Gasteiger partial charge in [-0.2, -0.15) is 0 Å². The SMILES string of the molecule is O=C(NCc1ccco1)Nc1ccc(-c2ccccc2)cc1. The Kier molecular flexibility index (Phi) is 4.20. The fourth-order valence-corrected chi connectivity index (χ4v) is 2.13. The summed E-state index contributed by atoms with van der Waals surface area (Å²) in [6.45, 7) is 0.362. The van der Waals surface area contributed by atoms with Gasteiger partial charge in [-0.05, 0) is 35.4 Å². The molecule has 4 nitrogen and oxygen atoms in total. The first-order valence-electron chi connectivity index (χ1n) is 7.04. The number of urea groups is 1. The number of hydrogen-bond acceptors (Lipinski definition) is 2. The van der Waals surface area contributed by atoms with Crippen LogP contribution in [0.5, 0.6) is 0 Å². The van der Waals surface area contributed by atoms with Crippen LogP contribution >= 0.6 is 0 Å². The molecule has 2 N–H and O–H groups in total. The first kappa shape index (κ1) is 13.9. The fourth-order valence-electron chi connectivity index (χ4n) is 2.13. The quantitative estimate of drug-likeness (QED) is 0.754. The normalized spacial score (nSPS) is 10.2. The number of anilines is 1. The lowest BCUT2D eigenvalue weighted by atomic mass is 10.1. The summed E-state index contributed by atoms with van der Waals surface area (Å²) in [5.41, 5.74) is 3.01. The van der Waals surface area contributed by atoms with Crippen LogP contribution in [-0.2, 0) is 6.54 Å². The van der Waals surface area contributed by atoms with Crippen molar-refractivity contribution in [3.8, 4) is 11.1 Å². The molecule has 0 aliphatic heterocycles. The average molecular weight is 292 g/mol. The van der Waals surface area contributed by atoms with Crippen molar-refractivity contribution in [1.82, 2.24) is 5.32 Å². The Labute approximate surface area is 128 Å². The van der Waals surface area contributed by atoms with E-state index in [1.54, 1.807) is 12.3 Å². The van der Waals surface area contributed by atoms with Crippen molar-refractivity contribution in [3.05, 3.63) is 78.8 Å². The van der Waals surface area contributed by atoms with Crippen LogP contribution in [0, 0.1) is 0 Å². The molecule has 0 spiro atoms. The Morgan fingerprint density at radius 1 is 0.864 bits per heavy atom. The highest BCUT2D eigenvalue weighted by molar-refractivity contribution is 5.89. The number of hydrogen-bond donors (Lipinski definition) is 2. The van der Waals surface area contributed by atoms with Gasteiger partial charge in [0.15, 0.2) is 0 Å². The molecule has 3 aromatic rings. The van der Waals surface area contributed by atoms with Crippen molar-refractivity contribution in [3.63, 3.8) is 0 Å². The monoisotopic (exact) mass is 292 g/mol. The largest absolute Gasteiger partial charge is 0.467 e. The third-order valence-electron chi connectivity index (χ3n) is 3.25. The first-order valence-corrected chi connectivity index (χ1v) is 7.04. The first-order chi connectivity index (χ1) is 10.8. The zero-order chi connectivity index (χ0) is 15.2. The molecule has 0 aliphatic carbocycles. The lowest BCUT2D eigenvalue weighted by molar-refractivity contribution is 0.251. The molecule has 0 unspecified atom stereocenters. The predicted octanol–water partition coefficient (Wildman–Crippen LogP) is 4.27. The molecule has 110 valence electrons. The number of amides is 2. The summed E-state index contributed by atoms with van der Waals surface area (Å²) in [7, 11) is 0. The van der Waals surface area contributed by atoms with Gasteiger partial charge >= 0.3 is 6.03 Å². The van der Waals surface area contributed by atoms with Crippen molar-refractivity contribution in [2.45, 2.75) is 6.54 Å². The highest BCUT2D eigenvalue weighted by Gasteiger charge is 2.03. The van der Waals surface area contributed by atoms with Crippen molar-refractivity contribution in [2.24, 2.45) is 0 Å². The van der Waals surface area contributed by atoms with Crippen LogP contribution in [0.15, 0.2) is 77.4 Å². The molecule has 0 aliphatic rings. The average Bonchev–Trinajstić information content (AvgIpc) is 3.08. The molecule has 0 radical (unpaired) electrons. The lowest BCUT2D eigenvalue weighted by Crippen LogP contribution is -2.27. The van der Waals surface area contributed by atoms with E-state index in [0.717, 1.165) is 22.6 Å². The van der Waals surface area contributed by atoms with E-state index in [4.69, 9.17) is 4.42 Å². The summed E-state index contributed by atoms with van der Waals surface area (Å²) in [4.78, 5) is 11.8. The van der Waals surface area contributed by atoms with Gasteiger partial charge in [0, 0.05) is 5.69 Å². The summed E-state index contributed by atoms with van der Waals surface area (Å²) in [5, 5.41) is 5.53. The minimum atomic E-state index is -0.260. The number of rotatable bonds is 4. The van der Waals surface area contributed by atoms with E-state index < -0.39 is 0 Å². The van der Waals surface area contributed by atoms with Crippen LogP contribution in [0.3, 0.4) is 0 Å². The molecule has 1 aromatic heterocycles. The Balaban J connectivity index is 1.58. The minimum absolute atomic E-state index is 0.260. The van der Waals surface area contributed by atoms with E-state index in [1.165, 1.54) is 0 Å². The van der Waals surface area contributed by atoms with E-state index in [0.29, 0.717) is 6.54 Å². The van der Waals surface area contributed by atoms with Crippen LogP contribution < -0.4 is 10.6 Å². The van der Waals surface area contributed by atoms with E-state index in [1.807, 2.05) is 48.5 Å². The third-order valence-corrected chi connectivity index (χ3v) is 3.25. The zero-order valence-electron chi connectivity index (χ0n) is 12.0. The standard InChI is InChI=1S/C18H16N2O2/c21-18(19-13-17-7-4-12-22-17)20-16-10-8-15(9-11-16)14-5-2-1-3-6-14/h1-12H,13H2,(H2,19,20,21). The topological polar surface area (TPSA) is 54.3 Å². The molecule has 1 heterocycles. The molecule has 2 amide bonds. The van der Waals surface area contributed by atoms with Gasteiger partial charge in [0.05, 0.1) is 12.8 Å². The molecule has 0 bridgehead atoms. The van der Waals surface area contributed by atoms with E-state index in [9.17, 15) is 4.79 Å². The summed E-state index contributed by atoms with van der Waals surface area (Å²) in [6, 6.07) is 21.2. The Morgan fingerprint density at radius 3 is 2.27 bits per heavy atom. The van der Waals surface area contributed by atoms with E-state index >= 15 is 0 Å². The maximum atomic E-state index is 11.8. The number of benzene rings is 2. The number of furan rings is 1. The highest BCUT2D eigenvalue weighted by Crippen LogP contribution is 2.20. The minimum Gasteiger partial charge on any atom is -0.467 e. The molecule has 2 aromatic carbocycles. The van der Waals surface area contributed by atoms with Gasteiger partial charge in [0.2, 0.25) is 0 Å². The number of carbonyl (C=O) groups is 1. The lowest BCUT2D eigenvalue weighted by Gasteiger charge is -2.07. The molecule has 3 rings (SSSR count). The zero-order valence-corrected chi connectivity index (χ0v) is 12.0. The van der Waals surface area contributed by atoms with Crippen LogP contribution in [0.25, 0.3) is 11.1 Å². The summed E-state index contributed by atoms with van der Waals surface area (Å²) < 4.78 is 5.16. The third kappa shape index (κ3) is 3.55. The maximum absolute atomic E-state index is 11.8. The van der Waals surface area contributed by atoms with Gasteiger partial charge in [0.25, 0.3) is 0 Å². The summed E-state index contributed by atoms with van der Waals surface area (Å²) in [6.07, 6.45) is 1.58. The second-order valence-corrected chi connectivity index (χ2v) is 4.83. The predicted molar refractivity (Wildman–Crippen MR) is 86.4 cm³/mol. The maximum Gasteiger partial charge on any atom is 0.319 e. The molecule has 0 saturated heterocycles. The smallest absolute Gasteiger partial charge is 0.319 e. The number of nitrogens with one attached hydrogen (secondary N) is 2. The van der Waals surface area contributed by atoms with Gasteiger partial charge in [-0.1, -0.05) is 42.5 Å².